The number of halogens is 1. The van der Waals surface area contributed by atoms with Crippen molar-refractivity contribution in [2.75, 3.05) is 13.2 Å². The lowest BCUT2D eigenvalue weighted by molar-refractivity contribution is -0.128. The Hall–Kier alpha value is -0.390. The summed E-state index contributed by atoms with van der Waals surface area (Å²) in [6, 6.07) is 2.02. The molecular formula is C10H12BrNO2S. The Morgan fingerprint density at radius 1 is 1.67 bits per heavy atom. The van der Waals surface area contributed by atoms with E-state index in [-0.39, 0.29) is 18.4 Å². The van der Waals surface area contributed by atoms with Crippen molar-refractivity contribution in [2.45, 2.75) is 13.0 Å². The van der Waals surface area contributed by atoms with Crippen LogP contribution in [0.1, 0.15) is 12.0 Å². The molecule has 0 spiro atoms. The molecular weight excluding hydrogens is 278 g/mol. The molecule has 1 amide bonds. The predicted octanol–water partition coefficient (Wildman–Crippen LogP) is 1.85. The molecule has 1 aromatic rings. The summed E-state index contributed by atoms with van der Waals surface area (Å²) in [5, 5.41) is 11.0. The zero-order valence-corrected chi connectivity index (χ0v) is 10.6. The Bertz CT molecular complexity index is 366. The molecule has 0 saturated carbocycles. The second-order valence-corrected chi connectivity index (χ2v) is 5.98. The van der Waals surface area contributed by atoms with Gasteiger partial charge in [-0.3, -0.25) is 4.79 Å². The van der Waals surface area contributed by atoms with Gasteiger partial charge in [0.2, 0.25) is 5.91 Å². The van der Waals surface area contributed by atoms with Crippen LogP contribution in [-0.4, -0.2) is 29.1 Å². The smallest absolute Gasteiger partial charge is 0.223 e. The van der Waals surface area contributed by atoms with Crippen molar-refractivity contribution in [3.8, 4) is 0 Å². The first-order valence-electron chi connectivity index (χ1n) is 4.81. The molecule has 2 rings (SSSR count). The molecule has 1 aliphatic heterocycles. The third-order valence-electron chi connectivity index (χ3n) is 2.61. The van der Waals surface area contributed by atoms with Crippen LogP contribution in [0.4, 0.5) is 0 Å². The fraction of sp³-hybridized carbons (Fsp3) is 0.500. The largest absolute Gasteiger partial charge is 0.396 e. The second kappa shape index (κ2) is 4.63. The van der Waals surface area contributed by atoms with E-state index >= 15 is 0 Å². The molecule has 82 valence electrons. The molecule has 0 bridgehead atoms. The van der Waals surface area contributed by atoms with Gasteiger partial charge in [0.15, 0.2) is 0 Å². The van der Waals surface area contributed by atoms with Crippen LogP contribution < -0.4 is 0 Å². The first-order chi connectivity index (χ1) is 7.20. The number of aliphatic hydroxyl groups excluding tert-OH is 1. The van der Waals surface area contributed by atoms with Crippen LogP contribution in [-0.2, 0) is 11.3 Å². The Morgan fingerprint density at radius 2 is 2.47 bits per heavy atom. The number of likely N-dealkylation sites (tertiary alicyclic amines) is 1. The number of thiophene rings is 1. The quantitative estimate of drug-likeness (QED) is 0.923. The minimum absolute atomic E-state index is 0.104. The fourth-order valence-corrected chi connectivity index (χ4v) is 2.98. The van der Waals surface area contributed by atoms with E-state index in [0.717, 1.165) is 9.35 Å². The molecule has 3 nitrogen and oxygen atoms in total. The summed E-state index contributed by atoms with van der Waals surface area (Å²) in [5.74, 6) is 0.266. The van der Waals surface area contributed by atoms with Crippen molar-refractivity contribution in [2.24, 2.45) is 5.92 Å². The summed E-state index contributed by atoms with van der Waals surface area (Å²) in [6.07, 6.45) is 0.484. The number of carbonyl (C=O) groups excluding carboxylic acids is 1. The zero-order chi connectivity index (χ0) is 10.8. The second-order valence-electron chi connectivity index (χ2n) is 3.75. The van der Waals surface area contributed by atoms with Crippen LogP contribution in [0.15, 0.2) is 15.2 Å². The molecule has 1 aromatic heterocycles. The summed E-state index contributed by atoms with van der Waals surface area (Å²) in [5.41, 5.74) is 1.15. The summed E-state index contributed by atoms with van der Waals surface area (Å²) < 4.78 is 1.09. The van der Waals surface area contributed by atoms with Gasteiger partial charge in [-0.1, -0.05) is 0 Å². The van der Waals surface area contributed by atoms with Gasteiger partial charge in [-0.25, -0.2) is 0 Å². The van der Waals surface area contributed by atoms with Crippen molar-refractivity contribution in [1.29, 1.82) is 0 Å². The lowest BCUT2D eigenvalue weighted by atomic mass is 10.1. The van der Waals surface area contributed by atoms with Crippen LogP contribution in [0, 0.1) is 5.92 Å². The highest BCUT2D eigenvalue weighted by Crippen LogP contribution is 2.27. The predicted molar refractivity (Wildman–Crippen MR) is 62.6 cm³/mol. The van der Waals surface area contributed by atoms with E-state index in [1.54, 1.807) is 11.3 Å². The number of carbonyl (C=O) groups is 1. The maximum atomic E-state index is 11.6. The maximum Gasteiger partial charge on any atom is 0.223 e. The molecule has 0 aliphatic carbocycles. The van der Waals surface area contributed by atoms with Gasteiger partial charge in [-0.15, -0.1) is 11.3 Å². The molecule has 1 fully saturated rings. The van der Waals surface area contributed by atoms with E-state index in [9.17, 15) is 4.79 Å². The lowest BCUT2D eigenvalue weighted by Gasteiger charge is -2.15. The number of aliphatic hydroxyl groups is 1. The minimum atomic E-state index is 0.104. The lowest BCUT2D eigenvalue weighted by Crippen LogP contribution is -2.24. The van der Waals surface area contributed by atoms with E-state index < -0.39 is 0 Å². The Morgan fingerprint density at radius 3 is 3.00 bits per heavy atom. The highest BCUT2D eigenvalue weighted by Gasteiger charge is 2.29. The van der Waals surface area contributed by atoms with Gasteiger partial charge in [-0.05, 0) is 32.9 Å². The molecule has 15 heavy (non-hydrogen) atoms. The molecule has 1 saturated heterocycles. The van der Waals surface area contributed by atoms with Gasteiger partial charge in [0, 0.05) is 32.0 Å². The molecule has 1 N–H and O–H groups in total. The SMILES string of the molecule is O=C1CC(CO)CN1Cc1ccsc1Br. The van der Waals surface area contributed by atoms with Crippen LogP contribution >= 0.6 is 27.3 Å². The van der Waals surface area contributed by atoms with Crippen LogP contribution in [0.2, 0.25) is 0 Å². The third kappa shape index (κ3) is 2.41. The Labute approximate surface area is 101 Å². The van der Waals surface area contributed by atoms with Gasteiger partial charge in [0.1, 0.15) is 0 Å². The zero-order valence-electron chi connectivity index (χ0n) is 8.15. The molecule has 1 unspecified atom stereocenters. The van der Waals surface area contributed by atoms with Crippen molar-refractivity contribution in [1.82, 2.24) is 4.90 Å². The number of rotatable bonds is 3. The minimum Gasteiger partial charge on any atom is -0.396 e. The van der Waals surface area contributed by atoms with Crippen molar-refractivity contribution in [3.63, 3.8) is 0 Å². The van der Waals surface area contributed by atoms with Crippen LogP contribution in [0.3, 0.4) is 0 Å². The molecule has 0 radical (unpaired) electrons. The summed E-state index contributed by atoms with van der Waals surface area (Å²) in [6.45, 7) is 1.43. The van der Waals surface area contributed by atoms with E-state index in [0.29, 0.717) is 19.5 Å². The van der Waals surface area contributed by atoms with E-state index in [1.807, 2.05) is 16.3 Å². The van der Waals surface area contributed by atoms with E-state index in [4.69, 9.17) is 5.11 Å². The maximum absolute atomic E-state index is 11.6. The Kier molecular flexibility index (Phi) is 3.43. The monoisotopic (exact) mass is 289 g/mol. The third-order valence-corrected chi connectivity index (χ3v) is 4.42. The molecule has 1 atom stereocenters. The summed E-state index contributed by atoms with van der Waals surface area (Å²) in [4.78, 5) is 13.4. The molecule has 5 heteroatoms. The molecule has 2 heterocycles. The van der Waals surface area contributed by atoms with Gasteiger partial charge in [0.05, 0.1) is 3.79 Å². The highest BCUT2D eigenvalue weighted by molar-refractivity contribution is 9.11. The molecule has 0 aromatic carbocycles. The van der Waals surface area contributed by atoms with Gasteiger partial charge >= 0.3 is 0 Å². The summed E-state index contributed by atoms with van der Waals surface area (Å²) in [7, 11) is 0. The van der Waals surface area contributed by atoms with Gasteiger partial charge in [-0.2, -0.15) is 0 Å². The van der Waals surface area contributed by atoms with Crippen molar-refractivity contribution >= 4 is 33.2 Å². The van der Waals surface area contributed by atoms with E-state index in [1.165, 1.54) is 0 Å². The number of hydrogen-bond acceptors (Lipinski definition) is 3. The van der Waals surface area contributed by atoms with Gasteiger partial charge in [0.25, 0.3) is 0 Å². The fourth-order valence-electron chi connectivity index (χ4n) is 1.77. The van der Waals surface area contributed by atoms with Crippen molar-refractivity contribution in [3.05, 3.63) is 20.8 Å². The number of nitrogens with zero attached hydrogens (tertiary/aromatic N) is 1. The van der Waals surface area contributed by atoms with Crippen LogP contribution in [0.25, 0.3) is 0 Å². The number of hydrogen-bond donors (Lipinski definition) is 1. The first kappa shape index (κ1) is 11.1. The average molecular weight is 290 g/mol. The Balaban J connectivity index is 2.01. The van der Waals surface area contributed by atoms with Crippen LogP contribution in [0.5, 0.6) is 0 Å². The van der Waals surface area contributed by atoms with Crippen molar-refractivity contribution < 1.29 is 9.90 Å². The normalized spacial score (nSPS) is 21.3. The topological polar surface area (TPSA) is 40.5 Å². The standard InChI is InChI=1S/C10H12BrNO2S/c11-10-8(1-2-15-10)5-12-4-7(6-13)3-9(12)14/h1-2,7,13H,3-6H2. The summed E-state index contributed by atoms with van der Waals surface area (Å²) >= 11 is 5.08. The highest BCUT2D eigenvalue weighted by atomic mass is 79.9. The number of amides is 1. The van der Waals surface area contributed by atoms with E-state index in [2.05, 4.69) is 15.9 Å². The molecule has 1 aliphatic rings. The van der Waals surface area contributed by atoms with Gasteiger partial charge < -0.3 is 10.0 Å². The average Bonchev–Trinajstić information content (AvgIpc) is 2.76. The first-order valence-corrected chi connectivity index (χ1v) is 6.48.